The molecule has 3 aromatic rings. The second-order valence-corrected chi connectivity index (χ2v) is 7.89. The Morgan fingerprint density at radius 1 is 1.12 bits per heavy atom. The van der Waals surface area contributed by atoms with Crippen LogP contribution in [0.25, 0.3) is 11.0 Å². The van der Waals surface area contributed by atoms with Crippen molar-refractivity contribution in [2.45, 2.75) is 6.54 Å². The smallest absolute Gasteiger partial charge is 0.339 e. The zero-order chi connectivity index (χ0) is 23.6. The summed E-state index contributed by atoms with van der Waals surface area (Å²) in [5.74, 6) is -0.0667. The summed E-state index contributed by atoms with van der Waals surface area (Å²) in [4.78, 5) is 44.5. The van der Waals surface area contributed by atoms with Crippen molar-refractivity contribution in [1.82, 2.24) is 19.4 Å². The number of benzene rings is 2. The fourth-order valence-corrected chi connectivity index (χ4v) is 3.36. The van der Waals surface area contributed by atoms with Crippen LogP contribution in [0.3, 0.4) is 0 Å². The lowest BCUT2D eigenvalue weighted by molar-refractivity contribution is 0.0601. The number of methoxy groups -OCH3 is 1. The molecule has 0 aliphatic carbocycles. The number of urea groups is 1. The van der Waals surface area contributed by atoms with E-state index in [1.807, 2.05) is 17.7 Å². The molecule has 3 amide bonds. The molecule has 0 aliphatic heterocycles. The Morgan fingerprint density at radius 3 is 2.50 bits per heavy atom. The van der Waals surface area contributed by atoms with Gasteiger partial charge in [0.05, 0.1) is 35.9 Å². The molecule has 9 nitrogen and oxygen atoms in total. The van der Waals surface area contributed by atoms with Crippen molar-refractivity contribution in [3.05, 3.63) is 58.4 Å². The molecule has 0 aliphatic rings. The summed E-state index contributed by atoms with van der Waals surface area (Å²) in [5.41, 5.74) is 2.48. The summed E-state index contributed by atoms with van der Waals surface area (Å²) in [6, 6.07) is 9.38. The molecule has 0 spiro atoms. The van der Waals surface area contributed by atoms with Crippen LogP contribution in [0, 0.1) is 0 Å². The fraction of sp³-hybridized carbons (Fsp3) is 0.273. The lowest BCUT2D eigenvalue weighted by atomic mass is 10.2. The molecule has 0 radical (unpaired) electrons. The number of aryl methyl sites for hydroxylation is 1. The van der Waals surface area contributed by atoms with Crippen molar-refractivity contribution in [1.29, 1.82) is 0 Å². The molecule has 168 valence electrons. The van der Waals surface area contributed by atoms with Gasteiger partial charge in [-0.1, -0.05) is 11.6 Å². The van der Waals surface area contributed by atoms with Gasteiger partial charge < -0.3 is 24.4 Å². The number of aromatic nitrogens is 2. The summed E-state index contributed by atoms with van der Waals surface area (Å²) in [6.07, 6.45) is 0. The van der Waals surface area contributed by atoms with E-state index in [0.29, 0.717) is 21.9 Å². The van der Waals surface area contributed by atoms with Crippen LogP contribution in [0.2, 0.25) is 5.02 Å². The number of carbonyl (C=O) groups is 3. The lowest BCUT2D eigenvalue weighted by Crippen LogP contribution is -2.32. The van der Waals surface area contributed by atoms with Gasteiger partial charge in [0.25, 0.3) is 5.91 Å². The van der Waals surface area contributed by atoms with Crippen LogP contribution in [0.4, 0.5) is 10.5 Å². The first-order valence-electron chi connectivity index (χ1n) is 9.69. The van der Waals surface area contributed by atoms with Crippen molar-refractivity contribution in [3.8, 4) is 0 Å². The average molecular weight is 458 g/mol. The highest BCUT2D eigenvalue weighted by Crippen LogP contribution is 2.23. The van der Waals surface area contributed by atoms with Crippen LogP contribution in [0.5, 0.6) is 0 Å². The minimum atomic E-state index is -0.585. The molecule has 0 saturated heterocycles. The van der Waals surface area contributed by atoms with Gasteiger partial charge in [-0.05, 0) is 36.4 Å². The van der Waals surface area contributed by atoms with Gasteiger partial charge in [-0.25, -0.2) is 14.6 Å². The normalized spacial score (nSPS) is 10.7. The molecule has 2 aromatic carbocycles. The molecule has 1 heterocycles. The predicted molar refractivity (Wildman–Crippen MR) is 122 cm³/mol. The maximum Gasteiger partial charge on any atom is 0.339 e. The van der Waals surface area contributed by atoms with E-state index in [1.165, 1.54) is 29.0 Å². The van der Waals surface area contributed by atoms with E-state index >= 15 is 0 Å². The highest BCUT2D eigenvalue weighted by molar-refractivity contribution is 6.31. The van der Waals surface area contributed by atoms with Gasteiger partial charge in [0.15, 0.2) is 0 Å². The molecule has 0 unspecified atom stereocenters. The van der Waals surface area contributed by atoms with Crippen molar-refractivity contribution in [2.75, 3.05) is 33.6 Å². The maximum absolute atomic E-state index is 12.8. The van der Waals surface area contributed by atoms with Crippen LogP contribution in [-0.2, 0) is 18.3 Å². The SMILES string of the molecule is COC(=O)c1ccc(Cl)cc1NC(=O)N(C)Cc1nc2cc(C(=O)N(C)C)ccc2n1C. The fourth-order valence-electron chi connectivity index (χ4n) is 3.18. The lowest BCUT2D eigenvalue weighted by Gasteiger charge is -2.19. The molecule has 3 rings (SSSR count). The maximum atomic E-state index is 12.8. The molecule has 1 N–H and O–H groups in total. The second kappa shape index (κ2) is 9.27. The van der Waals surface area contributed by atoms with Crippen molar-refractivity contribution < 1.29 is 19.1 Å². The van der Waals surface area contributed by atoms with E-state index in [9.17, 15) is 14.4 Å². The van der Waals surface area contributed by atoms with Crippen molar-refractivity contribution in [3.63, 3.8) is 0 Å². The first-order valence-corrected chi connectivity index (χ1v) is 10.1. The zero-order valence-electron chi connectivity index (χ0n) is 18.5. The standard InChI is InChI=1S/C22H24ClN5O4/c1-26(2)20(29)13-6-9-18-17(10-13)24-19(28(18)4)12-27(3)22(31)25-16-11-14(23)7-8-15(16)21(30)32-5/h6-11H,12H2,1-5H3,(H,25,31). The van der Waals surface area contributed by atoms with Crippen molar-refractivity contribution in [2.24, 2.45) is 7.05 Å². The minimum absolute atomic E-state index is 0.112. The number of amides is 3. The van der Waals surface area contributed by atoms with Crippen LogP contribution in [0.1, 0.15) is 26.5 Å². The number of carbonyl (C=O) groups excluding carboxylic acids is 3. The van der Waals surface area contributed by atoms with Crippen LogP contribution in [-0.4, -0.2) is 65.5 Å². The molecule has 0 fully saturated rings. The van der Waals surface area contributed by atoms with Crippen molar-refractivity contribution >= 4 is 46.2 Å². The third kappa shape index (κ3) is 4.67. The van der Waals surface area contributed by atoms with Gasteiger partial charge in [0.1, 0.15) is 5.82 Å². The monoisotopic (exact) mass is 457 g/mol. The van der Waals surface area contributed by atoms with E-state index < -0.39 is 12.0 Å². The Balaban J connectivity index is 1.81. The predicted octanol–water partition coefficient (Wildman–Crippen LogP) is 3.38. The molecular formula is C22H24ClN5O4. The Bertz CT molecular complexity index is 1200. The number of imidazole rings is 1. The van der Waals surface area contributed by atoms with Gasteiger partial charge in [0.2, 0.25) is 0 Å². The van der Waals surface area contributed by atoms with E-state index in [1.54, 1.807) is 39.3 Å². The Labute approximate surface area is 190 Å². The first-order chi connectivity index (χ1) is 15.1. The van der Waals surface area contributed by atoms with Gasteiger partial charge in [0, 0.05) is 38.8 Å². The quantitative estimate of drug-likeness (QED) is 0.592. The Hall–Kier alpha value is -3.59. The van der Waals surface area contributed by atoms with Crippen LogP contribution < -0.4 is 5.32 Å². The molecular weight excluding hydrogens is 434 g/mol. The van der Waals surface area contributed by atoms with Gasteiger partial charge >= 0.3 is 12.0 Å². The third-order valence-electron chi connectivity index (χ3n) is 4.98. The number of ether oxygens (including phenoxy) is 1. The number of anilines is 1. The molecule has 0 bridgehead atoms. The minimum Gasteiger partial charge on any atom is -0.465 e. The molecule has 10 heteroatoms. The topological polar surface area (TPSA) is 96.8 Å². The van der Waals surface area contributed by atoms with Gasteiger partial charge in [-0.3, -0.25) is 4.79 Å². The highest BCUT2D eigenvalue weighted by Gasteiger charge is 2.19. The van der Waals surface area contributed by atoms with E-state index in [2.05, 4.69) is 10.3 Å². The largest absolute Gasteiger partial charge is 0.465 e. The zero-order valence-corrected chi connectivity index (χ0v) is 19.2. The molecule has 1 aromatic heterocycles. The number of hydrogen-bond donors (Lipinski definition) is 1. The molecule has 0 atom stereocenters. The van der Waals surface area contributed by atoms with E-state index in [0.717, 1.165) is 5.52 Å². The van der Waals surface area contributed by atoms with Gasteiger partial charge in [-0.15, -0.1) is 0 Å². The number of hydrogen-bond acceptors (Lipinski definition) is 5. The Kier molecular flexibility index (Phi) is 6.69. The number of esters is 1. The second-order valence-electron chi connectivity index (χ2n) is 7.46. The number of halogens is 1. The van der Waals surface area contributed by atoms with Crippen LogP contribution >= 0.6 is 11.6 Å². The van der Waals surface area contributed by atoms with E-state index in [4.69, 9.17) is 16.3 Å². The Morgan fingerprint density at radius 2 is 1.84 bits per heavy atom. The number of nitrogens with zero attached hydrogens (tertiary/aromatic N) is 4. The van der Waals surface area contributed by atoms with Crippen LogP contribution in [0.15, 0.2) is 36.4 Å². The summed E-state index contributed by atoms with van der Waals surface area (Å²) >= 11 is 6.02. The highest BCUT2D eigenvalue weighted by atomic mass is 35.5. The summed E-state index contributed by atoms with van der Waals surface area (Å²) in [5, 5.41) is 3.06. The molecule has 32 heavy (non-hydrogen) atoms. The first kappa shape index (κ1) is 23.1. The summed E-state index contributed by atoms with van der Waals surface area (Å²) in [7, 11) is 8.09. The average Bonchev–Trinajstić information content (AvgIpc) is 3.07. The summed E-state index contributed by atoms with van der Waals surface area (Å²) in [6.45, 7) is 0.197. The third-order valence-corrected chi connectivity index (χ3v) is 5.22. The van der Waals surface area contributed by atoms with Gasteiger partial charge in [-0.2, -0.15) is 0 Å². The van der Waals surface area contributed by atoms with E-state index in [-0.39, 0.29) is 23.7 Å². The molecule has 0 saturated carbocycles. The number of rotatable bonds is 5. The number of fused-ring (bicyclic) bond motifs is 1. The summed E-state index contributed by atoms with van der Waals surface area (Å²) < 4.78 is 6.62. The number of nitrogens with one attached hydrogen (secondary N) is 1.